The van der Waals surface area contributed by atoms with Gasteiger partial charge in [-0.15, -0.1) is 0 Å². The molecule has 0 radical (unpaired) electrons. The number of hydrogen-bond acceptors (Lipinski definition) is 4. The second-order valence-electron chi connectivity index (χ2n) is 9.39. The fourth-order valence-corrected chi connectivity index (χ4v) is 5.22. The third kappa shape index (κ3) is 5.00. The van der Waals surface area contributed by atoms with Gasteiger partial charge >= 0.3 is 0 Å². The van der Waals surface area contributed by atoms with Gasteiger partial charge < -0.3 is 9.84 Å². The molecule has 0 unspecified atom stereocenters. The number of aromatic nitrogens is 2. The molecule has 1 aromatic heterocycles. The number of para-hydroxylation sites is 1. The Kier molecular flexibility index (Phi) is 7.05. The van der Waals surface area contributed by atoms with Crippen LogP contribution < -0.4 is 4.74 Å². The molecule has 1 fully saturated rings. The Morgan fingerprint density at radius 3 is 2.42 bits per heavy atom. The molecule has 1 heterocycles. The fourth-order valence-electron chi connectivity index (χ4n) is 5.22. The molecule has 1 aliphatic rings. The van der Waals surface area contributed by atoms with E-state index in [1.807, 2.05) is 36.4 Å². The maximum atomic E-state index is 15.1. The summed E-state index contributed by atoms with van der Waals surface area (Å²) in [6.07, 6.45) is 6.41. The average Bonchev–Trinajstić information content (AvgIpc) is 3.39. The van der Waals surface area contributed by atoms with Crippen LogP contribution in [0.25, 0.3) is 11.1 Å². The van der Waals surface area contributed by atoms with E-state index >= 15 is 4.39 Å². The van der Waals surface area contributed by atoms with Crippen LogP contribution in [-0.2, 0) is 25.0 Å². The van der Waals surface area contributed by atoms with Gasteiger partial charge in [0.1, 0.15) is 19.0 Å². The predicted octanol–water partition coefficient (Wildman–Crippen LogP) is 6.55. The van der Waals surface area contributed by atoms with Gasteiger partial charge in [-0.2, -0.15) is 0 Å². The first-order chi connectivity index (χ1) is 17.6. The summed E-state index contributed by atoms with van der Waals surface area (Å²) in [6, 6.07) is 21.0. The van der Waals surface area contributed by atoms with Crippen molar-refractivity contribution in [2.45, 2.75) is 50.7 Å². The molecule has 0 atom stereocenters. The normalized spacial score (nSPS) is 14.6. The second-order valence-corrected chi connectivity index (χ2v) is 9.39. The molecule has 36 heavy (non-hydrogen) atoms. The topological polar surface area (TPSA) is 55.2 Å². The van der Waals surface area contributed by atoms with Crippen molar-refractivity contribution in [3.8, 4) is 16.9 Å². The molecule has 5 rings (SSSR count). The molecule has 0 saturated heterocycles. The number of halogens is 2. The van der Waals surface area contributed by atoms with Crippen LogP contribution in [0.3, 0.4) is 0 Å². The number of aliphatic hydroxyl groups excluding tert-OH is 1. The minimum Gasteiger partial charge on any atom is -0.485 e. The Morgan fingerprint density at radius 1 is 0.833 bits per heavy atom. The number of aliphatic hydroxyl groups is 1. The van der Waals surface area contributed by atoms with Crippen LogP contribution in [0.5, 0.6) is 5.75 Å². The maximum Gasteiger partial charge on any atom is 0.165 e. The lowest BCUT2D eigenvalue weighted by atomic mass is 9.76. The monoisotopic (exact) mass is 486 g/mol. The van der Waals surface area contributed by atoms with Gasteiger partial charge in [0, 0.05) is 22.7 Å². The largest absolute Gasteiger partial charge is 0.485 e. The number of rotatable bonds is 8. The quantitative estimate of drug-likeness (QED) is 0.307. The predicted molar refractivity (Wildman–Crippen MR) is 134 cm³/mol. The van der Waals surface area contributed by atoms with Crippen molar-refractivity contribution < 1.29 is 18.6 Å². The van der Waals surface area contributed by atoms with E-state index in [4.69, 9.17) is 4.74 Å². The second kappa shape index (κ2) is 10.5. The summed E-state index contributed by atoms with van der Waals surface area (Å²) in [5, 5.41) is 9.53. The van der Waals surface area contributed by atoms with Crippen molar-refractivity contribution in [2.24, 2.45) is 0 Å². The first kappa shape index (κ1) is 24.1. The highest BCUT2D eigenvalue weighted by Gasteiger charge is 2.37. The zero-order valence-corrected chi connectivity index (χ0v) is 20.0. The molecule has 0 bridgehead atoms. The number of benzene rings is 3. The molecule has 0 amide bonds. The van der Waals surface area contributed by atoms with Crippen molar-refractivity contribution in [1.82, 2.24) is 9.97 Å². The molecule has 4 aromatic rings. The lowest BCUT2D eigenvalue weighted by molar-refractivity contribution is 0.269. The van der Waals surface area contributed by atoms with Gasteiger partial charge in [0.2, 0.25) is 0 Å². The number of hydrogen-bond donors (Lipinski definition) is 1. The highest BCUT2D eigenvalue weighted by Crippen LogP contribution is 2.44. The van der Waals surface area contributed by atoms with Crippen LogP contribution in [-0.4, -0.2) is 15.1 Å². The SMILES string of the molecule is OCc1nccc(C2(Cc3ccc(F)c(-c4cccc(F)c4OCc4ccccc4)c3)CCCC2)n1. The Hall–Kier alpha value is -3.64. The van der Waals surface area contributed by atoms with E-state index in [2.05, 4.69) is 9.97 Å². The van der Waals surface area contributed by atoms with Gasteiger partial charge in [0.05, 0.1) is 5.69 Å². The van der Waals surface area contributed by atoms with E-state index in [9.17, 15) is 9.50 Å². The van der Waals surface area contributed by atoms with Crippen LogP contribution in [0.15, 0.2) is 79.0 Å². The molecule has 3 aromatic carbocycles. The third-order valence-corrected chi connectivity index (χ3v) is 7.01. The summed E-state index contributed by atoms with van der Waals surface area (Å²) in [5.74, 6) is -0.521. The molecule has 0 spiro atoms. The first-order valence-electron chi connectivity index (χ1n) is 12.3. The Labute approximate surface area is 209 Å². The number of ether oxygens (including phenoxy) is 1. The van der Waals surface area contributed by atoms with Crippen molar-refractivity contribution in [3.63, 3.8) is 0 Å². The van der Waals surface area contributed by atoms with Gasteiger partial charge in [-0.05, 0) is 54.7 Å². The summed E-state index contributed by atoms with van der Waals surface area (Å²) < 4.78 is 35.9. The van der Waals surface area contributed by atoms with Gasteiger partial charge in [-0.1, -0.05) is 61.4 Å². The average molecular weight is 487 g/mol. The van der Waals surface area contributed by atoms with Gasteiger partial charge in [0.15, 0.2) is 17.4 Å². The van der Waals surface area contributed by atoms with E-state index in [1.165, 1.54) is 12.1 Å². The van der Waals surface area contributed by atoms with Gasteiger partial charge in [-0.3, -0.25) is 0 Å². The summed E-state index contributed by atoms with van der Waals surface area (Å²) >= 11 is 0. The van der Waals surface area contributed by atoms with Crippen LogP contribution in [0.4, 0.5) is 8.78 Å². The molecule has 184 valence electrons. The van der Waals surface area contributed by atoms with E-state index in [-0.39, 0.29) is 24.4 Å². The molecular weight excluding hydrogens is 458 g/mol. The van der Waals surface area contributed by atoms with Crippen molar-refractivity contribution in [3.05, 3.63) is 113 Å². The van der Waals surface area contributed by atoms with Crippen molar-refractivity contribution in [1.29, 1.82) is 0 Å². The highest BCUT2D eigenvalue weighted by molar-refractivity contribution is 5.72. The Bertz CT molecular complexity index is 1340. The Balaban J connectivity index is 1.48. The maximum absolute atomic E-state index is 15.1. The lowest BCUT2D eigenvalue weighted by Crippen LogP contribution is -2.27. The molecule has 1 saturated carbocycles. The molecule has 6 heteroatoms. The summed E-state index contributed by atoms with van der Waals surface area (Å²) in [6.45, 7) is -0.0317. The van der Waals surface area contributed by atoms with Gasteiger partial charge in [0.25, 0.3) is 0 Å². The molecular formula is C30H28F2N2O2. The first-order valence-corrected chi connectivity index (χ1v) is 12.3. The van der Waals surface area contributed by atoms with Crippen molar-refractivity contribution >= 4 is 0 Å². The standard InChI is InChI=1S/C30H28F2N2O2/c31-25-12-11-22(18-30(14-4-5-15-30)27-13-16-33-28(19-35)34-27)17-24(25)23-9-6-10-26(32)29(23)36-20-21-7-2-1-3-8-21/h1-3,6-13,16-17,35H,4-5,14-15,18-20H2. The zero-order chi connectivity index (χ0) is 25.0. The zero-order valence-electron chi connectivity index (χ0n) is 20.0. The highest BCUT2D eigenvalue weighted by atomic mass is 19.1. The van der Waals surface area contributed by atoms with Crippen LogP contribution in [0, 0.1) is 11.6 Å². The Morgan fingerprint density at radius 2 is 1.64 bits per heavy atom. The molecule has 4 nitrogen and oxygen atoms in total. The van der Waals surface area contributed by atoms with Crippen LogP contribution >= 0.6 is 0 Å². The molecule has 1 aliphatic carbocycles. The van der Waals surface area contributed by atoms with E-state index in [1.54, 1.807) is 30.5 Å². The number of nitrogens with zero attached hydrogens (tertiary/aromatic N) is 2. The minimum atomic E-state index is -0.530. The van der Waals surface area contributed by atoms with E-state index < -0.39 is 11.6 Å². The van der Waals surface area contributed by atoms with Crippen molar-refractivity contribution in [2.75, 3.05) is 0 Å². The summed E-state index contributed by atoms with van der Waals surface area (Å²) in [7, 11) is 0. The van der Waals surface area contributed by atoms with Crippen LogP contribution in [0.1, 0.15) is 48.3 Å². The fraction of sp³-hybridized carbons (Fsp3) is 0.267. The minimum absolute atomic E-state index is 0.0383. The van der Waals surface area contributed by atoms with E-state index in [0.29, 0.717) is 23.4 Å². The summed E-state index contributed by atoms with van der Waals surface area (Å²) in [5.41, 5.74) is 3.23. The lowest BCUT2D eigenvalue weighted by Gasteiger charge is -2.29. The smallest absolute Gasteiger partial charge is 0.165 e. The third-order valence-electron chi connectivity index (χ3n) is 7.01. The molecule has 0 aliphatic heterocycles. The van der Waals surface area contributed by atoms with Crippen LogP contribution in [0.2, 0.25) is 0 Å². The van der Waals surface area contributed by atoms with Gasteiger partial charge in [-0.25, -0.2) is 18.7 Å². The van der Waals surface area contributed by atoms with E-state index in [0.717, 1.165) is 42.5 Å². The molecule has 1 N–H and O–H groups in total. The summed E-state index contributed by atoms with van der Waals surface area (Å²) in [4.78, 5) is 8.74.